The van der Waals surface area contributed by atoms with Crippen LogP contribution in [-0.2, 0) is 15.4 Å². The van der Waals surface area contributed by atoms with Gasteiger partial charge in [-0.3, -0.25) is 0 Å². The van der Waals surface area contributed by atoms with Gasteiger partial charge in [-0.05, 0) is 42.2 Å². The second-order valence-electron chi connectivity index (χ2n) is 6.08. The molecule has 0 atom stereocenters. The van der Waals surface area contributed by atoms with Crippen LogP contribution in [0.5, 0.6) is 0 Å². The lowest BCUT2D eigenvalue weighted by atomic mass is 9.87. The molecule has 118 valence electrons. The van der Waals surface area contributed by atoms with Crippen LogP contribution in [-0.4, -0.2) is 14.6 Å². The molecular formula is C16H20N2O2S2. The number of hydrogen-bond donors (Lipinski definition) is 1. The first-order chi connectivity index (χ1) is 10.2. The van der Waals surface area contributed by atoms with Crippen molar-refractivity contribution in [1.29, 1.82) is 0 Å². The van der Waals surface area contributed by atoms with Crippen LogP contribution in [0.1, 0.15) is 36.1 Å². The van der Waals surface area contributed by atoms with E-state index in [1.807, 2.05) is 31.2 Å². The van der Waals surface area contributed by atoms with Crippen molar-refractivity contribution in [2.75, 3.05) is 0 Å². The fourth-order valence-electron chi connectivity index (χ4n) is 1.87. The highest BCUT2D eigenvalue weighted by atomic mass is 32.2. The van der Waals surface area contributed by atoms with Gasteiger partial charge in [0.1, 0.15) is 0 Å². The molecule has 0 bridgehead atoms. The van der Waals surface area contributed by atoms with E-state index in [2.05, 4.69) is 30.7 Å². The van der Waals surface area contributed by atoms with Crippen molar-refractivity contribution in [3.63, 3.8) is 0 Å². The highest BCUT2D eigenvalue weighted by Crippen LogP contribution is 2.23. The maximum Gasteiger partial charge on any atom is 0.276 e. The molecule has 0 aliphatic rings. The number of benzene rings is 1. The molecule has 1 aromatic carbocycles. The van der Waals surface area contributed by atoms with Crippen molar-refractivity contribution < 1.29 is 8.42 Å². The largest absolute Gasteiger partial charge is 0.276 e. The van der Waals surface area contributed by atoms with E-state index in [1.54, 1.807) is 23.5 Å². The number of thiophene rings is 1. The monoisotopic (exact) mass is 336 g/mol. The van der Waals surface area contributed by atoms with Gasteiger partial charge in [-0.2, -0.15) is 13.5 Å². The number of hydrogen-bond acceptors (Lipinski definition) is 4. The fraction of sp³-hybridized carbons (Fsp3) is 0.312. The predicted octanol–water partition coefficient (Wildman–Crippen LogP) is 3.67. The topological polar surface area (TPSA) is 58.5 Å². The van der Waals surface area contributed by atoms with Gasteiger partial charge < -0.3 is 0 Å². The summed E-state index contributed by atoms with van der Waals surface area (Å²) in [6.07, 6.45) is 1.51. The van der Waals surface area contributed by atoms with Crippen molar-refractivity contribution in [3.8, 4) is 0 Å². The van der Waals surface area contributed by atoms with E-state index in [0.29, 0.717) is 0 Å². The minimum Gasteiger partial charge on any atom is -0.200 e. The van der Waals surface area contributed by atoms with Gasteiger partial charge in [-0.1, -0.05) is 32.9 Å². The Balaban J connectivity index is 2.11. The number of aryl methyl sites for hydroxylation is 1. The van der Waals surface area contributed by atoms with Gasteiger partial charge >= 0.3 is 0 Å². The van der Waals surface area contributed by atoms with E-state index in [1.165, 1.54) is 6.21 Å². The van der Waals surface area contributed by atoms with Crippen molar-refractivity contribution in [1.82, 2.24) is 4.83 Å². The lowest BCUT2D eigenvalue weighted by Gasteiger charge is -2.19. The van der Waals surface area contributed by atoms with Crippen LogP contribution in [0.25, 0.3) is 0 Å². The van der Waals surface area contributed by atoms with Crippen LogP contribution in [0.2, 0.25) is 0 Å². The molecule has 4 nitrogen and oxygen atoms in total. The summed E-state index contributed by atoms with van der Waals surface area (Å²) in [5.74, 6) is 0. The van der Waals surface area contributed by atoms with Crippen LogP contribution in [0, 0.1) is 6.92 Å². The summed E-state index contributed by atoms with van der Waals surface area (Å²) in [5, 5.41) is 3.82. The summed E-state index contributed by atoms with van der Waals surface area (Å²) in [7, 11) is -3.63. The van der Waals surface area contributed by atoms with Crippen molar-refractivity contribution in [2.45, 2.75) is 38.0 Å². The van der Waals surface area contributed by atoms with E-state index in [0.717, 1.165) is 15.3 Å². The second kappa shape index (κ2) is 6.22. The summed E-state index contributed by atoms with van der Waals surface area (Å²) < 4.78 is 24.3. The van der Waals surface area contributed by atoms with Gasteiger partial charge in [-0.25, -0.2) is 4.83 Å². The molecule has 22 heavy (non-hydrogen) atoms. The van der Waals surface area contributed by atoms with E-state index < -0.39 is 10.0 Å². The summed E-state index contributed by atoms with van der Waals surface area (Å²) >= 11 is 1.55. The van der Waals surface area contributed by atoms with Gasteiger partial charge in [0, 0.05) is 9.75 Å². The van der Waals surface area contributed by atoms with Crippen molar-refractivity contribution >= 4 is 27.6 Å². The minimum atomic E-state index is -3.63. The average Bonchev–Trinajstić information content (AvgIpc) is 2.83. The van der Waals surface area contributed by atoms with Crippen LogP contribution < -0.4 is 4.83 Å². The Bertz CT molecular complexity index is 767. The summed E-state index contributed by atoms with van der Waals surface area (Å²) in [6, 6.07) is 10.7. The van der Waals surface area contributed by atoms with Gasteiger partial charge in [-0.15, -0.1) is 11.3 Å². The predicted molar refractivity (Wildman–Crippen MR) is 92.1 cm³/mol. The highest BCUT2D eigenvalue weighted by Gasteiger charge is 2.16. The Labute approximate surface area is 135 Å². The molecular weight excluding hydrogens is 316 g/mol. The number of rotatable bonds is 4. The number of nitrogens with one attached hydrogen (secondary N) is 1. The minimum absolute atomic E-state index is 0.00902. The standard InChI is InChI=1S/C16H20N2O2S2/c1-12-5-8-14(21-12)11-17-18-22(19,20)15-9-6-13(7-10-15)16(2,3)4/h5-11,18H,1-4H3/b17-11+. The van der Waals surface area contributed by atoms with E-state index in [9.17, 15) is 8.42 Å². The molecule has 2 aromatic rings. The molecule has 0 aliphatic heterocycles. The van der Waals surface area contributed by atoms with Gasteiger partial charge in [0.2, 0.25) is 0 Å². The molecule has 0 fully saturated rings. The van der Waals surface area contributed by atoms with Crippen LogP contribution in [0.4, 0.5) is 0 Å². The van der Waals surface area contributed by atoms with Gasteiger partial charge in [0.05, 0.1) is 11.1 Å². The third-order valence-corrected chi connectivity index (χ3v) is 5.33. The summed E-state index contributed by atoms with van der Waals surface area (Å²) in [5.41, 5.74) is 1.08. The molecule has 1 heterocycles. The first kappa shape index (κ1) is 16.7. The van der Waals surface area contributed by atoms with E-state index in [4.69, 9.17) is 0 Å². The first-order valence-corrected chi connectivity index (χ1v) is 9.20. The lowest BCUT2D eigenvalue weighted by molar-refractivity contribution is 0.580. The molecule has 0 saturated carbocycles. The first-order valence-electron chi connectivity index (χ1n) is 6.90. The summed E-state index contributed by atoms with van der Waals surface area (Å²) in [6.45, 7) is 8.25. The van der Waals surface area contributed by atoms with Crippen molar-refractivity contribution in [3.05, 3.63) is 51.7 Å². The zero-order chi connectivity index (χ0) is 16.4. The number of sulfonamides is 1. The Hall–Kier alpha value is -1.66. The quantitative estimate of drug-likeness (QED) is 0.684. The molecule has 0 spiro atoms. The maximum absolute atomic E-state index is 12.2. The van der Waals surface area contributed by atoms with Gasteiger partial charge in [0.15, 0.2) is 0 Å². The van der Waals surface area contributed by atoms with Crippen LogP contribution in [0.3, 0.4) is 0 Å². The third kappa shape index (κ3) is 4.18. The number of hydrazone groups is 1. The fourth-order valence-corrected chi connectivity index (χ4v) is 3.41. The smallest absolute Gasteiger partial charge is 0.200 e. The molecule has 0 saturated heterocycles. The summed E-state index contributed by atoms with van der Waals surface area (Å²) in [4.78, 5) is 4.51. The van der Waals surface area contributed by atoms with E-state index in [-0.39, 0.29) is 10.3 Å². The second-order valence-corrected chi connectivity index (χ2v) is 9.06. The molecule has 0 unspecified atom stereocenters. The van der Waals surface area contributed by atoms with Gasteiger partial charge in [0.25, 0.3) is 10.0 Å². The third-order valence-electron chi connectivity index (χ3n) is 3.16. The molecule has 0 aliphatic carbocycles. The van der Waals surface area contributed by atoms with Crippen LogP contribution in [0.15, 0.2) is 46.4 Å². The average molecular weight is 336 g/mol. The van der Waals surface area contributed by atoms with Crippen LogP contribution >= 0.6 is 11.3 Å². The van der Waals surface area contributed by atoms with Crippen molar-refractivity contribution in [2.24, 2.45) is 5.10 Å². The Morgan fingerprint density at radius 2 is 1.73 bits per heavy atom. The molecule has 0 amide bonds. The highest BCUT2D eigenvalue weighted by molar-refractivity contribution is 7.89. The lowest BCUT2D eigenvalue weighted by Crippen LogP contribution is -2.19. The molecule has 1 aromatic heterocycles. The maximum atomic E-state index is 12.2. The Kier molecular flexibility index (Phi) is 4.72. The van der Waals surface area contributed by atoms with E-state index >= 15 is 0 Å². The zero-order valence-electron chi connectivity index (χ0n) is 13.1. The zero-order valence-corrected chi connectivity index (χ0v) is 14.8. The Morgan fingerprint density at radius 1 is 1.09 bits per heavy atom. The molecule has 0 radical (unpaired) electrons. The molecule has 2 rings (SSSR count). The Morgan fingerprint density at radius 3 is 2.23 bits per heavy atom. The molecule has 6 heteroatoms. The molecule has 1 N–H and O–H groups in total. The normalized spacial score (nSPS) is 12.7. The number of nitrogens with zero attached hydrogens (tertiary/aromatic N) is 1. The SMILES string of the molecule is Cc1ccc(/C=N/NS(=O)(=O)c2ccc(C(C)(C)C)cc2)s1.